The molecule has 0 aliphatic rings. The van der Waals surface area contributed by atoms with E-state index in [0.29, 0.717) is 30.7 Å². The molecule has 0 radical (unpaired) electrons. The van der Waals surface area contributed by atoms with E-state index in [2.05, 4.69) is 20.4 Å². The standard InChI is InChI=1S/C24H24ClN5O2/c1-17-15-18(2)30(29-17)23-11-12-26-24(28-23)27-16-19-3-7-21(8-4-19)31-13-14-32-22-9-5-20(25)6-10-22/h3-12,15H,13-14,16H2,1-2H3,(H,26,27,28). The minimum Gasteiger partial charge on any atom is -0.490 e. The minimum atomic E-state index is 0.452. The first-order valence-corrected chi connectivity index (χ1v) is 10.7. The lowest BCUT2D eigenvalue weighted by Crippen LogP contribution is -2.09. The van der Waals surface area contributed by atoms with Gasteiger partial charge in [0.25, 0.3) is 0 Å². The van der Waals surface area contributed by atoms with Gasteiger partial charge >= 0.3 is 0 Å². The lowest BCUT2D eigenvalue weighted by atomic mass is 10.2. The van der Waals surface area contributed by atoms with Gasteiger partial charge in [-0.25, -0.2) is 9.67 Å². The van der Waals surface area contributed by atoms with Gasteiger partial charge in [-0.2, -0.15) is 10.1 Å². The van der Waals surface area contributed by atoms with E-state index in [9.17, 15) is 0 Å². The second-order valence-electron chi connectivity index (χ2n) is 7.23. The molecule has 0 fully saturated rings. The summed E-state index contributed by atoms with van der Waals surface area (Å²) >= 11 is 5.87. The van der Waals surface area contributed by atoms with E-state index in [1.807, 2.05) is 67.1 Å². The molecule has 0 aliphatic carbocycles. The SMILES string of the molecule is Cc1cc(C)n(-c2ccnc(NCc3ccc(OCCOc4ccc(Cl)cc4)cc3)n2)n1. The van der Waals surface area contributed by atoms with Gasteiger partial charge in [0.2, 0.25) is 5.95 Å². The van der Waals surface area contributed by atoms with Crippen LogP contribution in [0.5, 0.6) is 11.5 Å². The molecular weight excluding hydrogens is 426 g/mol. The van der Waals surface area contributed by atoms with Crippen LogP contribution in [0.1, 0.15) is 17.0 Å². The Morgan fingerprint density at radius 3 is 2.19 bits per heavy atom. The van der Waals surface area contributed by atoms with Gasteiger partial charge in [0.05, 0.1) is 5.69 Å². The molecule has 0 amide bonds. The average molecular weight is 450 g/mol. The van der Waals surface area contributed by atoms with E-state index < -0.39 is 0 Å². The molecule has 8 heteroatoms. The quantitative estimate of drug-likeness (QED) is 0.362. The maximum atomic E-state index is 5.87. The summed E-state index contributed by atoms with van der Waals surface area (Å²) < 4.78 is 13.2. The van der Waals surface area contributed by atoms with Crippen molar-refractivity contribution >= 4 is 17.5 Å². The fourth-order valence-electron chi connectivity index (χ4n) is 3.15. The van der Waals surface area contributed by atoms with E-state index >= 15 is 0 Å². The molecule has 4 aromatic rings. The zero-order valence-electron chi connectivity index (χ0n) is 18.0. The summed E-state index contributed by atoms with van der Waals surface area (Å²) in [5.41, 5.74) is 3.07. The summed E-state index contributed by atoms with van der Waals surface area (Å²) in [6.07, 6.45) is 1.73. The van der Waals surface area contributed by atoms with Crippen molar-refractivity contribution in [3.05, 3.63) is 88.8 Å². The summed E-state index contributed by atoms with van der Waals surface area (Å²) in [7, 11) is 0. The number of hydrogen-bond donors (Lipinski definition) is 1. The zero-order chi connectivity index (χ0) is 22.3. The number of nitrogens with zero attached hydrogens (tertiary/aromatic N) is 4. The third-order valence-electron chi connectivity index (χ3n) is 4.68. The summed E-state index contributed by atoms with van der Waals surface area (Å²) in [4.78, 5) is 8.87. The molecule has 0 atom stereocenters. The van der Waals surface area contributed by atoms with Crippen LogP contribution in [0.25, 0.3) is 5.82 Å². The fourth-order valence-corrected chi connectivity index (χ4v) is 3.27. The molecule has 0 unspecified atom stereocenters. The van der Waals surface area contributed by atoms with Crippen LogP contribution < -0.4 is 14.8 Å². The van der Waals surface area contributed by atoms with Crippen molar-refractivity contribution in [1.82, 2.24) is 19.7 Å². The topological polar surface area (TPSA) is 74.1 Å². The monoisotopic (exact) mass is 449 g/mol. The van der Waals surface area contributed by atoms with Crippen LogP contribution in [0.15, 0.2) is 66.9 Å². The van der Waals surface area contributed by atoms with Crippen molar-refractivity contribution in [3.8, 4) is 17.3 Å². The van der Waals surface area contributed by atoms with Crippen LogP contribution in [0.2, 0.25) is 5.02 Å². The second-order valence-corrected chi connectivity index (χ2v) is 7.66. The van der Waals surface area contributed by atoms with E-state index in [0.717, 1.165) is 34.3 Å². The summed E-state index contributed by atoms with van der Waals surface area (Å²) in [5.74, 6) is 2.84. The van der Waals surface area contributed by atoms with Gasteiger partial charge in [-0.3, -0.25) is 0 Å². The molecule has 0 aliphatic heterocycles. The predicted molar refractivity (Wildman–Crippen MR) is 125 cm³/mol. The average Bonchev–Trinajstić information content (AvgIpc) is 3.15. The minimum absolute atomic E-state index is 0.452. The Morgan fingerprint density at radius 2 is 1.56 bits per heavy atom. The van der Waals surface area contributed by atoms with Crippen molar-refractivity contribution in [2.45, 2.75) is 20.4 Å². The van der Waals surface area contributed by atoms with Gasteiger partial charge in [-0.05, 0) is 61.9 Å². The summed E-state index contributed by atoms with van der Waals surface area (Å²) in [5, 5.41) is 8.41. The van der Waals surface area contributed by atoms with Crippen LogP contribution in [-0.2, 0) is 6.54 Å². The molecule has 164 valence electrons. The third kappa shape index (κ3) is 5.76. The van der Waals surface area contributed by atoms with E-state index in [1.165, 1.54) is 0 Å². The summed E-state index contributed by atoms with van der Waals surface area (Å²) in [6, 6.07) is 19.0. The van der Waals surface area contributed by atoms with E-state index in [1.54, 1.807) is 18.3 Å². The van der Waals surface area contributed by atoms with Gasteiger partial charge in [-0.1, -0.05) is 23.7 Å². The normalized spacial score (nSPS) is 10.7. The van der Waals surface area contributed by atoms with E-state index in [-0.39, 0.29) is 0 Å². The lowest BCUT2D eigenvalue weighted by molar-refractivity contribution is 0.217. The van der Waals surface area contributed by atoms with Gasteiger partial charge in [-0.15, -0.1) is 0 Å². The number of halogens is 1. The Bertz CT molecular complexity index is 1160. The van der Waals surface area contributed by atoms with Crippen molar-refractivity contribution in [2.24, 2.45) is 0 Å². The molecule has 4 rings (SSSR count). The number of aromatic nitrogens is 4. The number of anilines is 1. The maximum Gasteiger partial charge on any atom is 0.224 e. The molecule has 2 heterocycles. The van der Waals surface area contributed by atoms with Crippen molar-refractivity contribution in [1.29, 1.82) is 0 Å². The van der Waals surface area contributed by atoms with Gasteiger partial charge in [0, 0.05) is 29.5 Å². The second kappa shape index (κ2) is 10.2. The molecule has 1 N–H and O–H groups in total. The highest BCUT2D eigenvalue weighted by atomic mass is 35.5. The molecule has 0 saturated carbocycles. The number of aryl methyl sites for hydroxylation is 2. The largest absolute Gasteiger partial charge is 0.490 e. The Morgan fingerprint density at radius 1 is 0.906 bits per heavy atom. The Hall–Kier alpha value is -3.58. The van der Waals surface area contributed by atoms with Crippen molar-refractivity contribution in [2.75, 3.05) is 18.5 Å². The van der Waals surface area contributed by atoms with Crippen LogP contribution in [0, 0.1) is 13.8 Å². The number of ether oxygens (including phenoxy) is 2. The predicted octanol–water partition coefficient (Wildman–Crippen LogP) is 5.00. The van der Waals surface area contributed by atoms with E-state index in [4.69, 9.17) is 21.1 Å². The third-order valence-corrected chi connectivity index (χ3v) is 4.93. The van der Waals surface area contributed by atoms with Gasteiger partial charge in [0.15, 0.2) is 5.82 Å². The first kappa shape index (κ1) is 21.6. The summed E-state index contributed by atoms with van der Waals surface area (Å²) in [6.45, 7) is 5.47. The molecule has 2 aromatic heterocycles. The highest BCUT2D eigenvalue weighted by Crippen LogP contribution is 2.17. The number of rotatable bonds is 9. The zero-order valence-corrected chi connectivity index (χ0v) is 18.7. The lowest BCUT2D eigenvalue weighted by Gasteiger charge is -2.10. The maximum absolute atomic E-state index is 5.87. The highest BCUT2D eigenvalue weighted by molar-refractivity contribution is 6.30. The Labute approximate surface area is 192 Å². The highest BCUT2D eigenvalue weighted by Gasteiger charge is 2.07. The van der Waals surface area contributed by atoms with Crippen molar-refractivity contribution < 1.29 is 9.47 Å². The fraction of sp³-hybridized carbons (Fsp3) is 0.208. The smallest absolute Gasteiger partial charge is 0.224 e. The number of nitrogens with one attached hydrogen (secondary N) is 1. The first-order valence-electron chi connectivity index (χ1n) is 10.3. The molecule has 0 spiro atoms. The van der Waals surface area contributed by atoms with Crippen LogP contribution >= 0.6 is 11.6 Å². The van der Waals surface area contributed by atoms with Crippen LogP contribution in [0.4, 0.5) is 5.95 Å². The van der Waals surface area contributed by atoms with Crippen molar-refractivity contribution in [3.63, 3.8) is 0 Å². The van der Waals surface area contributed by atoms with Gasteiger partial charge in [0.1, 0.15) is 24.7 Å². The molecular formula is C24H24ClN5O2. The van der Waals surface area contributed by atoms with Crippen LogP contribution in [0.3, 0.4) is 0 Å². The molecule has 2 aromatic carbocycles. The Balaban J connectivity index is 1.25. The Kier molecular flexibility index (Phi) is 6.87. The van der Waals surface area contributed by atoms with Gasteiger partial charge < -0.3 is 14.8 Å². The molecule has 7 nitrogen and oxygen atoms in total. The van der Waals surface area contributed by atoms with Crippen LogP contribution in [-0.4, -0.2) is 33.0 Å². The molecule has 0 saturated heterocycles. The first-order chi connectivity index (χ1) is 15.6. The molecule has 0 bridgehead atoms. The number of hydrogen-bond acceptors (Lipinski definition) is 6. The molecule has 32 heavy (non-hydrogen) atoms. The number of benzene rings is 2.